The van der Waals surface area contributed by atoms with Gasteiger partial charge in [-0.15, -0.1) is 0 Å². The maximum Gasteiger partial charge on any atom is 0.331 e. The van der Waals surface area contributed by atoms with Gasteiger partial charge in [0.2, 0.25) is 0 Å². The van der Waals surface area contributed by atoms with E-state index in [9.17, 15) is 14.7 Å². The third kappa shape index (κ3) is 3.20. The average molecular weight is 292 g/mol. The first-order valence-corrected chi connectivity index (χ1v) is 7.59. The fraction of sp³-hybridized carbons (Fsp3) is 0.647. The second kappa shape index (κ2) is 6.04. The first-order valence-electron chi connectivity index (χ1n) is 7.59. The molecular formula is C17H24O4. The minimum atomic E-state index is -0.900. The molecule has 3 atom stereocenters. The van der Waals surface area contributed by atoms with Gasteiger partial charge in [0.15, 0.2) is 0 Å². The molecule has 1 N–H and O–H groups in total. The van der Waals surface area contributed by atoms with Gasteiger partial charge in [0.1, 0.15) is 0 Å². The minimum Gasteiger partial charge on any atom is -0.478 e. The van der Waals surface area contributed by atoms with E-state index >= 15 is 0 Å². The van der Waals surface area contributed by atoms with E-state index in [-0.39, 0.29) is 23.2 Å². The Morgan fingerprint density at radius 1 is 1.48 bits per heavy atom. The number of aliphatic carboxylic acids is 1. The Kier molecular flexibility index (Phi) is 4.55. The third-order valence-electron chi connectivity index (χ3n) is 5.23. The maximum atomic E-state index is 11.2. The molecule has 0 radical (unpaired) electrons. The number of carboxylic acids is 1. The van der Waals surface area contributed by atoms with Crippen LogP contribution in [0.3, 0.4) is 0 Å². The second-order valence-corrected chi connectivity index (χ2v) is 6.49. The fourth-order valence-electron chi connectivity index (χ4n) is 3.86. The van der Waals surface area contributed by atoms with Crippen LogP contribution in [-0.4, -0.2) is 23.7 Å². The molecule has 0 aromatic carbocycles. The van der Waals surface area contributed by atoms with Crippen LogP contribution < -0.4 is 0 Å². The Hall–Kier alpha value is -1.58. The third-order valence-corrected chi connectivity index (χ3v) is 5.23. The van der Waals surface area contributed by atoms with Crippen molar-refractivity contribution in [1.82, 2.24) is 0 Å². The van der Waals surface area contributed by atoms with Crippen molar-refractivity contribution in [3.05, 3.63) is 23.8 Å². The van der Waals surface area contributed by atoms with Gasteiger partial charge in [0, 0.05) is 18.4 Å². The van der Waals surface area contributed by atoms with Gasteiger partial charge in [-0.25, -0.2) is 4.79 Å². The topological polar surface area (TPSA) is 63.6 Å². The van der Waals surface area contributed by atoms with Crippen LogP contribution in [0, 0.1) is 17.3 Å². The van der Waals surface area contributed by atoms with Gasteiger partial charge in [-0.3, -0.25) is 4.79 Å². The van der Waals surface area contributed by atoms with Crippen LogP contribution in [0.5, 0.6) is 0 Å². The highest BCUT2D eigenvalue weighted by molar-refractivity contribution is 5.86. The summed E-state index contributed by atoms with van der Waals surface area (Å²) in [6.07, 6.45) is 6.86. The Bertz CT molecular complexity index is 491. The Morgan fingerprint density at radius 2 is 2.19 bits per heavy atom. The van der Waals surface area contributed by atoms with Crippen molar-refractivity contribution < 1.29 is 19.4 Å². The summed E-state index contributed by atoms with van der Waals surface area (Å²) in [7, 11) is 0. The van der Waals surface area contributed by atoms with Crippen molar-refractivity contribution in [3.8, 4) is 0 Å². The molecule has 2 rings (SSSR count). The van der Waals surface area contributed by atoms with Gasteiger partial charge in [0.05, 0.1) is 6.61 Å². The Labute approximate surface area is 125 Å². The van der Waals surface area contributed by atoms with E-state index < -0.39 is 5.97 Å². The average Bonchev–Trinajstić information content (AvgIpc) is 2.42. The molecule has 4 heteroatoms. The number of carbonyl (C=O) groups excluding carboxylic acids is 1. The van der Waals surface area contributed by atoms with Gasteiger partial charge >= 0.3 is 11.9 Å². The molecule has 116 valence electrons. The molecule has 0 heterocycles. The van der Waals surface area contributed by atoms with Crippen molar-refractivity contribution in [2.75, 3.05) is 6.61 Å². The highest BCUT2D eigenvalue weighted by Crippen LogP contribution is 2.53. The standard InChI is InChI=1S/C17H24O4/c1-11(16(19)20)13-7-8-14-5-4-6-15(10-21-12(2)18)17(14,3)9-13/h5,13,15H,1,4,6-10H2,2-3H3,(H,19,20)/t13-,15-,17+/m1/s1. The van der Waals surface area contributed by atoms with Crippen molar-refractivity contribution >= 4 is 11.9 Å². The number of esters is 1. The van der Waals surface area contributed by atoms with Crippen molar-refractivity contribution in [1.29, 1.82) is 0 Å². The van der Waals surface area contributed by atoms with E-state index in [1.807, 2.05) is 0 Å². The normalized spacial score (nSPS) is 31.8. The first kappa shape index (κ1) is 15.8. The van der Waals surface area contributed by atoms with E-state index in [1.165, 1.54) is 12.5 Å². The molecule has 21 heavy (non-hydrogen) atoms. The molecule has 0 unspecified atom stereocenters. The number of hydrogen-bond acceptors (Lipinski definition) is 3. The van der Waals surface area contributed by atoms with Crippen LogP contribution in [0.15, 0.2) is 23.8 Å². The van der Waals surface area contributed by atoms with Crippen LogP contribution in [0.25, 0.3) is 0 Å². The van der Waals surface area contributed by atoms with Crippen molar-refractivity contribution in [3.63, 3.8) is 0 Å². The summed E-state index contributed by atoms with van der Waals surface area (Å²) in [4.78, 5) is 22.3. The lowest BCUT2D eigenvalue weighted by atomic mass is 9.57. The van der Waals surface area contributed by atoms with Gasteiger partial charge < -0.3 is 9.84 Å². The van der Waals surface area contributed by atoms with Gasteiger partial charge in [-0.05, 0) is 43.4 Å². The highest BCUT2D eigenvalue weighted by Gasteiger charge is 2.45. The summed E-state index contributed by atoms with van der Waals surface area (Å²) in [5.41, 5.74) is 1.64. The number of rotatable bonds is 4. The summed E-state index contributed by atoms with van der Waals surface area (Å²) in [5.74, 6) is -0.867. The predicted molar refractivity (Wildman–Crippen MR) is 79.7 cm³/mol. The molecule has 0 saturated heterocycles. The SMILES string of the molecule is C=C(C(=O)O)[C@@H]1CCC2=CCC[C@H](COC(C)=O)[C@@]2(C)C1. The summed E-state index contributed by atoms with van der Waals surface area (Å²) in [6, 6.07) is 0. The molecule has 0 aliphatic heterocycles. The molecule has 0 bridgehead atoms. The number of hydrogen-bond donors (Lipinski definition) is 1. The summed E-state index contributed by atoms with van der Waals surface area (Å²) in [6.45, 7) is 7.78. The molecule has 0 amide bonds. The molecule has 1 fully saturated rings. The molecule has 4 nitrogen and oxygen atoms in total. The number of ether oxygens (including phenoxy) is 1. The Balaban J connectivity index is 2.17. The fourth-order valence-corrected chi connectivity index (χ4v) is 3.86. The molecule has 1 saturated carbocycles. The summed E-state index contributed by atoms with van der Waals surface area (Å²) >= 11 is 0. The van der Waals surface area contributed by atoms with Crippen LogP contribution in [0.2, 0.25) is 0 Å². The molecule has 2 aliphatic carbocycles. The van der Waals surface area contributed by atoms with E-state index in [2.05, 4.69) is 19.6 Å². The van der Waals surface area contributed by atoms with Crippen LogP contribution >= 0.6 is 0 Å². The molecule has 0 aromatic heterocycles. The Morgan fingerprint density at radius 3 is 2.81 bits per heavy atom. The largest absolute Gasteiger partial charge is 0.478 e. The van der Waals surface area contributed by atoms with E-state index in [0.717, 1.165) is 32.1 Å². The minimum absolute atomic E-state index is 0.0163. The summed E-state index contributed by atoms with van der Waals surface area (Å²) < 4.78 is 5.23. The molecular weight excluding hydrogens is 268 g/mol. The monoisotopic (exact) mass is 292 g/mol. The zero-order valence-corrected chi connectivity index (χ0v) is 12.9. The number of carbonyl (C=O) groups is 2. The molecule has 2 aliphatic rings. The lowest BCUT2D eigenvalue weighted by Crippen LogP contribution is -2.40. The first-order chi connectivity index (χ1) is 9.84. The van der Waals surface area contributed by atoms with E-state index in [1.54, 1.807) is 0 Å². The smallest absolute Gasteiger partial charge is 0.331 e. The molecule has 0 aromatic rings. The van der Waals surface area contributed by atoms with E-state index in [0.29, 0.717) is 12.2 Å². The van der Waals surface area contributed by atoms with E-state index in [4.69, 9.17) is 4.74 Å². The quantitative estimate of drug-likeness (QED) is 0.490. The van der Waals surface area contributed by atoms with Gasteiger partial charge in [-0.1, -0.05) is 25.2 Å². The number of fused-ring (bicyclic) bond motifs is 1. The maximum absolute atomic E-state index is 11.2. The number of allylic oxidation sites excluding steroid dienone is 2. The highest BCUT2D eigenvalue weighted by atomic mass is 16.5. The van der Waals surface area contributed by atoms with Crippen LogP contribution in [0.4, 0.5) is 0 Å². The van der Waals surface area contributed by atoms with Crippen molar-refractivity contribution in [2.24, 2.45) is 17.3 Å². The zero-order chi connectivity index (χ0) is 15.6. The van der Waals surface area contributed by atoms with Crippen LogP contribution in [-0.2, 0) is 14.3 Å². The lowest BCUT2D eigenvalue weighted by Gasteiger charge is -2.48. The summed E-state index contributed by atoms with van der Waals surface area (Å²) in [5, 5.41) is 9.17. The second-order valence-electron chi connectivity index (χ2n) is 6.49. The molecule has 0 spiro atoms. The zero-order valence-electron chi connectivity index (χ0n) is 12.9. The lowest BCUT2D eigenvalue weighted by molar-refractivity contribution is -0.143. The van der Waals surface area contributed by atoms with Gasteiger partial charge in [-0.2, -0.15) is 0 Å². The predicted octanol–water partition coefficient (Wildman–Crippen LogP) is 3.33. The van der Waals surface area contributed by atoms with Crippen molar-refractivity contribution in [2.45, 2.75) is 46.0 Å². The van der Waals surface area contributed by atoms with Gasteiger partial charge in [0.25, 0.3) is 0 Å². The van der Waals surface area contributed by atoms with Crippen LogP contribution in [0.1, 0.15) is 46.0 Å². The number of carboxylic acid groups (broad SMARTS) is 1.